The zero-order valence-electron chi connectivity index (χ0n) is 17.2. The van der Waals surface area contributed by atoms with Gasteiger partial charge in [-0.3, -0.25) is 4.79 Å². The van der Waals surface area contributed by atoms with E-state index >= 15 is 0 Å². The molecule has 2 aliphatic rings. The van der Waals surface area contributed by atoms with Crippen molar-refractivity contribution in [3.8, 4) is 5.75 Å². The molecule has 0 saturated carbocycles. The Labute approximate surface area is 181 Å². The summed E-state index contributed by atoms with van der Waals surface area (Å²) in [6.45, 7) is 2.07. The van der Waals surface area contributed by atoms with Gasteiger partial charge in [-0.1, -0.05) is 12.1 Å². The van der Waals surface area contributed by atoms with Crippen LogP contribution in [0.15, 0.2) is 40.9 Å². The molecule has 0 bridgehead atoms. The van der Waals surface area contributed by atoms with Gasteiger partial charge in [0, 0.05) is 37.8 Å². The number of nitrogens with two attached hydrogens (primary N) is 1. The number of pyridine rings is 1. The second kappa shape index (κ2) is 8.54. The van der Waals surface area contributed by atoms with Crippen LogP contribution in [0.3, 0.4) is 0 Å². The number of benzene rings is 1. The van der Waals surface area contributed by atoms with Crippen molar-refractivity contribution in [3.05, 3.63) is 53.2 Å². The van der Waals surface area contributed by atoms with E-state index in [1.54, 1.807) is 43.6 Å². The summed E-state index contributed by atoms with van der Waals surface area (Å²) in [6.07, 6.45) is 3.62. The van der Waals surface area contributed by atoms with Crippen LogP contribution in [-0.2, 0) is 15.8 Å². The van der Waals surface area contributed by atoms with Crippen LogP contribution < -0.4 is 20.7 Å². The van der Waals surface area contributed by atoms with E-state index in [9.17, 15) is 13.2 Å². The van der Waals surface area contributed by atoms with Crippen LogP contribution in [0.5, 0.6) is 5.75 Å². The molecule has 0 unspecified atom stereocenters. The van der Waals surface area contributed by atoms with E-state index in [-0.39, 0.29) is 23.4 Å². The highest BCUT2D eigenvalue weighted by molar-refractivity contribution is 7.89. The number of sulfonamides is 1. The molecule has 164 valence electrons. The van der Waals surface area contributed by atoms with Crippen LogP contribution in [0.4, 0.5) is 5.82 Å². The number of anilines is 1. The number of carbonyl (C=O) groups excluding carboxylic acids is 1. The zero-order chi connectivity index (χ0) is 22.0. The number of fused-ring (bicyclic) bond motifs is 1. The molecule has 1 saturated heterocycles. The van der Waals surface area contributed by atoms with Crippen molar-refractivity contribution < 1.29 is 17.9 Å². The van der Waals surface area contributed by atoms with Gasteiger partial charge in [-0.15, -0.1) is 4.40 Å². The number of nitrogens with zero attached hydrogens (tertiary/aromatic N) is 3. The third-order valence-corrected chi connectivity index (χ3v) is 6.65. The van der Waals surface area contributed by atoms with Crippen LogP contribution in [0.25, 0.3) is 0 Å². The Hall–Kier alpha value is -3.14. The molecule has 1 aromatic heterocycles. The second-order valence-electron chi connectivity index (χ2n) is 7.74. The fourth-order valence-corrected chi connectivity index (χ4v) is 5.11. The van der Waals surface area contributed by atoms with Gasteiger partial charge in [0.2, 0.25) is 0 Å². The molecule has 1 atom stereocenters. The van der Waals surface area contributed by atoms with Crippen LogP contribution in [-0.4, -0.2) is 51.9 Å². The first-order chi connectivity index (χ1) is 14.9. The molecule has 1 amide bonds. The molecule has 0 spiro atoms. The maximum atomic E-state index is 11.9. The summed E-state index contributed by atoms with van der Waals surface area (Å²) in [5.41, 5.74) is 7.66. The average Bonchev–Trinajstić information content (AvgIpc) is 2.76. The standard InChI is InChI=1S/C21H25N5O4S/c1-23-21(27)15-7-8-24-18(10-15)26-9-3-4-14(11-26)12-30-17-6-2-5-16-13-31(28,29)25-20(22)19(16)17/h2,5-8,10,14H,3-4,9,11-13H2,1H3,(H2,22,25)(H,23,27)/t14-/m0/s1. The SMILES string of the molecule is CNC(=O)c1ccnc(N2CCC[C@H](COc3cccc4c3C(N)=NS(=O)(=O)C4)C2)c1. The van der Waals surface area contributed by atoms with Crippen molar-refractivity contribution in [2.45, 2.75) is 18.6 Å². The maximum absolute atomic E-state index is 11.9. The first kappa shape index (κ1) is 21.1. The lowest BCUT2D eigenvalue weighted by Crippen LogP contribution is -2.38. The number of amides is 1. The lowest BCUT2D eigenvalue weighted by atomic mass is 9.98. The van der Waals surface area contributed by atoms with Crippen molar-refractivity contribution in [2.24, 2.45) is 16.0 Å². The van der Waals surface area contributed by atoms with E-state index in [1.807, 2.05) is 0 Å². The van der Waals surface area contributed by atoms with Gasteiger partial charge in [-0.05, 0) is 36.6 Å². The highest BCUT2D eigenvalue weighted by Gasteiger charge is 2.27. The zero-order valence-corrected chi connectivity index (χ0v) is 18.1. The second-order valence-corrected chi connectivity index (χ2v) is 9.38. The minimum atomic E-state index is -3.58. The fraction of sp³-hybridized carbons (Fsp3) is 0.381. The molecule has 31 heavy (non-hydrogen) atoms. The molecule has 3 heterocycles. The summed E-state index contributed by atoms with van der Waals surface area (Å²) in [5.74, 6) is 1.22. The van der Waals surface area contributed by atoms with Crippen LogP contribution in [0.1, 0.15) is 34.3 Å². The van der Waals surface area contributed by atoms with Gasteiger partial charge in [-0.25, -0.2) is 13.4 Å². The van der Waals surface area contributed by atoms with Crippen LogP contribution in [0.2, 0.25) is 0 Å². The van der Waals surface area contributed by atoms with Gasteiger partial charge in [0.15, 0.2) is 0 Å². The number of hydrogen-bond acceptors (Lipinski definition) is 7. The van der Waals surface area contributed by atoms with Gasteiger partial charge < -0.3 is 20.7 Å². The molecule has 0 radical (unpaired) electrons. The lowest BCUT2D eigenvalue weighted by Gasteiger charge is -2.33. The van der Waals surface area contributed by atoms with Crippen molar-refractivity contribution in [3.63, 3.8) is 0 Å². The number of aromatic nitrogens is 1. The van der Waals surface area contributed by atoms with E-state index in [2.05, 4.69) is 19.6 Å². The molecule has 2 aromatic rings. The van der Waals surface area contributed by atoms with E-state index in [0.717, 1.165) is 31.7 Å². The quantitative estimate of drug-likeness (QED) is 0.713. The highest BCUT2D eigenvalue weighted by atomic mass is 32.2. The number of nitrogens with one attached hydrogen (secondary N) is 1. The first-order valence-electron chi connectivity index (χ1n) is 10.1. The number of rotatable bonds is 5. The summed E-state index contributed by atoms with van der Waals surface area (Å²) in [4.78, 5) is 18.5. The van der Waals surface area contributed by atoms with E-state index in [1.165, 1.54) is 0 Å². The Kier molecular flexibility index (Phi) is 5.81. The molecule has 1 aromatic carbocycles. The van der Waals surface area contributed by atoms with Gasteiger partial charge in [0.05, 0.1) is 17.9 Å². The predicted octanol–water partition coefficient (Wildman–Crippen LogP) is 1.29. The number of piperidine rings is 1. The third kappa shape index (κ3) is 4.63. The van der Waals surface area contributed by atoms with Gasteiger partial charge >= 0.3 is 0 Å². The molecular formula is C21H25N5O4S. The Balaban J connectivity index is 1.46. The fourth-order valence-electron chi connectivity index (χ4n) is 4.03. The molecule has 10 heteroatoms. The Bertz CT molecular complexity index is 1130. The van der Waals surface area contributed by atoms with Crippen molar-refractivity contribution in [2.75, 3.05) is 31.6 Å². The number of ether oxygens (including phenoxy) is 1. The molecule has 2 aliphatic heterocycles. The molecule has 4 rings (SSSR count). The number of carbonyl (C=O) groups is 1. The average molecular weight is 444 g/mol. The van der Waals surface area contributed by atoms with Crippen molar-refractivity contribution in [1.82, 2.24) is 10.3 Å². The van der Waals surface area contributed by atoms with E-state index in [0.29, 0.717) is 29.0 Å². The van der Waals surface area contributed by atoms with E-state index in [4.69, 9.17) is 10.5 Å². The minimum Gasteiger partial charge on any atom is -0.492 e. The topological polar surface area (TPSA) is 127 Å². The largest absolute Gasteiger partial charge is 0.492 e. The van der Waals surface area contributed by atoms with Crippen molar-refractivity contribution in [1.29, 1.82) is 0 Å². The van der Waals surface area contributed by atoms with Gasteiger partial charge in [0.1, 0.15) is 17.4 Å². The van der Waals surface area contributed by atoms with Gasteiger partial charge in [0.25, 0.3) is 15.9 Å². The normalized spacial score (nSPS) is 19.8. The molecule has 1 fully saturated rings. The third-order valence-electron chi connectivity index (χ3n) is 5.50. The summed E-state index contributed by atoms with van der Waals surface area (Å²) in [5, 5.41) is 2.63. The summed E-state index contributed by atoms with van der Waals surface area (Å²) < 4.78 is 33.4. The molecule has 3 N–H and O–H groups in total. The first-order valence-corrected chi connectivity index (χ1v) is 11.7. The van der Waals surface area contributed by atoms with E-state index < -0.39 is 10.0 Å². The Morgan fingerprint density at radius 2 is 2.19 bits per heavy atom. The number of amidine groups is 1. The smallest absolute Gasteiger partial charge is 0.259 e. The number of hydrogen-bond donors (Lipinski definition) is 2. The van der Waals surface area contributed by atoms with Crippen LogP contribution in [0, 0.1) is 5.92 Å². The summed E-state index contributed by atoms with van der Waals surface area (Å²) in [7, 11) is -1.98. The summed E-state index contributed by atoms with van der Waals surface area (Å²) >= 11 is 0. The predicted molar refractivity (Wildman–Crippen MR) is 118 cm³/mol. The molecular weight excluding hydrogens is 418 g/mol. The molecule has 9 nitrogen and oxygen atoms in total. The highest BCUT2D eigenvalue weighted by Crippen LogP contribution is 2.29. The molecule has 0 aliphatic carbocycles. The maximum Gasteiger partial charge on any atom is 0.259 e. The Morgan fingerprint density at radius 1 is 1.35 bits per heavy atom. The summed E-state index contributed by atoms with van der Waals surface area (Å²) in [6, 6.07) is 8.78. The van der Waals surface area contributed by atoms with Gasteiger partial charge in [-0.2, -0.15) is 0 Å². The van der Waals surface area contributed by atoms with Crippen LogP contribution >= 0.6 is 0 Å². The Morgan fingerprint density at radius 3 is 3.00 bits per heavy atom. The monoisotopic (exact) mass is 443 g/mol. The lowest BCUT2D eigenvalue weighted by molar-refractivity contribution is 0.0963. The van der Waals surface area contributed by atoms with Crippen molar-refractivity contribution >= 4 is 27.6 Å². The minimum absolute atomic E-state index is 0.0302.